The molecule has 0 bridgehead atoms. The lowest BCUT2D eigenvalue weighted by molar-refractivity contribution is -0.384. The van der Waals surface area contributed by atoms with Gasteiger partial charge < -0.3 is 5.73 Å². The number of hydrogen-bond donors (Lipinski definition) is 1. The Kier molecular flexibility index (Phi) is 4.92. The van der Waals surface area contributed by atoms with E-state index in [1.165, 1.54) is 0 Å². The number of hydrogen-bond acceptors (Lipinski definition) is 3. The first-order valence-corrected chi connectivity index (χ1v) is 5.62. The van der Waals surface area contributed by atoms with Crippen molar-refractivity contribution in [2.45, 2.75) is 38.6 Å². The molecule has 0 aromatic heterocycles. The second kappa shape index (κ2) is 6.23. The summed E-state index contributed by atoms with van der Waals surface area (Å²) >= 11 is 0. The number of nitrogens with two attached hydrogens (primary N) is 1. The van der Waals surface area contributed by atoms with Crippen LogP contribution in [0.1, 0.15) is 31.7 Å². The van der Waals surface area contributed by atoms with Crippen molar-refractivity contribution in [3.05, 3.63) is 39.9 Å². The number of non-ortho nitro benzene ring substituents is 1. The fourth-order valence-electron chi connectivity index (χ4n) is 1.56. The molecule has 0 aliphatic carbocycles. The molecular weight excluding hydrogens is 204 g/mol. The maximum Gasteiger partial charge on any atom is 0.269 e. The highest BCUT2D eigenvalue weighted by Gasteiger charge is 2.04. The number of nitrogens with zero attached hydrogens (tertiary/aromatic N) is 1. The zero-order valence-corrected chi connectivity index (χ0v) is 9.56. The topological polar surface area (TPSA) is 69.2 Å². The Bertz CT molecular complexity index is 335. The summed E-state index contributed by atoms with van der Waals surface area (Å²) in [6, 6.07) is 7.01. The van der Waals surface area contributed by atoms with Crippen LogP contribution in [0.3, 0.4) is 0 Å². The normalized spacial score (nSPS) is 12.4. The first-order valence-electron chi connectivity index (χ1n) is 5.62. The van der Waals surface area contributed by atoms with Gasteiger partial charge in [0.1, 0.15) is 0 Å². The zero-order chi connectivity index (χ0) is 12.0. The Hall–Kier alpha value is -1.42. The minimum absolute atomic E-state index is 0.147. The van der Waals surface area contributed by atoms with Gasteiger partial charge in [0, 0.05) is 18.2 Å². The van der Waals surface area contributed by atoms with E-state index < -0.39 is 0 Å². The average Bonchev–Trinajstić information content (AvgIpc) is 2.29. The second-order valence-electron chi connectivity index (χ2n) is 3.98. The summed E-state index contributed by atoms with van der Waals surface area (Å²) in [6.07, 6.45) is 3.98. The fraction of sp³-hybridized carbons (Fsp3) is 0.500. The second-order valence-corrected chi connectivity index (χ2v) is 3.98. The van der Waals surface area contributed by atoms with Crippen molar-refractivity contribution in [3.8, 4) is 0 Å². The van der Waals surface area contributed by atoms with Gasteiger partial charge in [-0.2, -0.15) is 0 Å². The average molecular weight is 222 g/mol. The highest BCUT2D eigenvalue weighted by molar-refractivity contribution is 5.32. The summed E-state index contributed by atoms with van der Waals surface area (Å²) in [7, 11) is 0. The van der Waals surface area contributed by atoms with Crippen molar-refractivity contribution in [2.24, 2.45) is 5.73 Å². The van der Waals surface area contributed by atoms with Crippen LogP contribution >= 0.6 is 0 Å². The van der Waals surface area contributed by atoms with Crippen LogP contribution in [0.25, 0.3) is 0 Å². The standard InChI is InChI=1S/C12H18N2O2/c1-2-11(13)5-3-4-10-6-8-12(9-7-10)14(15)16/h6-9,11H,2-5,13H2,1H3. The molecule has 1 aromatic rings. The third-order valence-corrected chi connectivity index (χ3v) is 2.71. The first-order chi connectivity index (χ1) is 7.63. The van der Waals surface area contributed by atoms with Gasteiger partial charge in [-0.15, -0.1) is 0 Å². The van der Waals surface area contributed by atoms with Crippen molar-refractivity contribution in [1.82, 2.24) is 0 Å². The lowest BCUT2D eigenvalue weighted by atomic mass is 10.0. The molecule has 0 aliphatic heterocycles. The smallest absolute Gasteiger partial charge is 0.269 e. The summed E-state index contributed by atoms with van der Waals surface area (Å²) in [5, 5.41) is 10.4. The fourth-order valence-corrected chi connectivity index (χ4v) is 1.56. The van der Waals surface area contributed by atoms with Crippen molar-refractivity contribution in [1.29, 1.82) is 0 Å². The van der Waals surface area contributed by atoms with E-state index in [2.05, 4.69) is 6.92 Å². The van der Waals surface area contributed by atoms with E-state index in [4.69, 9.17) is 5.73 Å². The third-order valence-electron chi connectivity index (χ3n) is 2.71. The van der Waals surface area contributed by atoms with Crippen molar-refractivity contribution < 1.29 is 4.92 Å². The SMILES string of the molecule is CCC(N)CCCc1ccc([N+](=O)[O-])cc1. The summed E-state index contributed by atoms with van der Waals surface area (Å²) in [4.78, 5) is 10.1. The molecule has 2 N–H and O–H groups in total. The van der Waals surface area contributed by atoms with Gasteiger partial charge in [-0.05, 0) is 31.2 Å². The summed E-state index contributed by atoms with van der Waals surface area (Å²) in [5.74, 6) is 0. The summed E-state index contributed by atoms with van der Waals surface area (Å²) in [6.45, 7) is 2.08. The van der Waals surface area contributed by atoms with Gasteiger partial charge in [0.25, 0.3) is 5.69 Å². The van der Waals surface area contributed by atoms with Crippen molar-refractivity contribution in [3.63, 3.8) is 0 Å². The van der Waals surface area contributed by atoms with Crippen molar-refractivity contribution in [2.75, 3.05) is 0 Å². The lowest BCUT2D eigenvalue weighted by Gasteiger charge is -2.07. The van der Waals surface area contributed by atoms with Crippen LogP contribution in [0.2, 0.25) is 0 Å². The van der Waals surface area contributed by atoms with E-state index in [-0.39, 0.29) is 16.7 Å². The minimum Gasteiger partial charge on any atom is -0.328 e. The van der Waals surface area contributed by atoms with E-state index >= 15 is 0 Å². The molecule has 0 saturated carbocycles. The maximum atomic E-state index is 10.4. The van der Waals surface area contributed by atoms with Gasteiger partial charge in [-0.25, -0.2) is 0 Å². The van der Waals surface area contributed by atoms with Gasteiger partial charge in [-0.3, -0.25) is 10.1 Å². The van der Waals surface area contributed by atoms with Crippen LogP contribution < -0.4 is 5.73 Å². The highest BCUT2D eigenvalue weighted by atomic mass is 16.6. The monoisotopic (exact) mass is 222 g/mol. The van der Waals surface area contributed by atoms with Crippen LogP contribution in [0.4, 0.5) is 5.69 Å². The molecule has 4 heteroatoms. The van der Waals surface area contributed by atoms with E-state index in [9.17, 15) is 10.1 Å². The minimum atomic E-state index is -0.378. The largest absolute Gasteiger partial charge is 0.328 e. The van der Waals surface area contributed by atoms with Crippen molar-refractivity contribution >= 4 is 5.69 Å². The molecule has 0 radical (unpaired) electrons. The quantitative estimate of drug-likeness (QED) is 0.594. The van der Waals surface area contributed by atoms with Crippen LogP contribution in [0.5, 0.6) is 0 Å². The molecular formula is C12H18N2O2. The molecule has 4 nitrogen and oxygen atoms in total. The molecule has 0 amide bonds. The van der Waals surface area contributed by atoms with Gasteiger partial charge in [0.2, 0.25) is 0 Å². The van der Waals surface area contributed by atoms with Crippen LogP contribution in [-0.4, -0.2) is 11.0 Å². The van der Waals surface area contributed by atoms with Gasteiger partial charge in [-0.1, -0.05) is 19.1 Å². The van der Waals surface area contributed by atoms with E-state index in [0.29, 0.717) is 0 Å². The number of rotatable bonds is 6. The molecule has 0 heterocycles. The first kappa shape index (κ1) is 12.6. The summed E-state index contributed by atoms with van der Waals surface area (Å²) in [5.41, 5.74) is 7.09. The Balaban J connectivity index is 2.40. The number of nitro benzene ring substituents is 1. The maximum absolute atomic E-state index is 10.4. The Labute approximate surface area is 95.6 Å². The molecule has 0 aliphatic rings. The van der Waals surface area contributed by atoms with Crippen LogP contribution in [0, 0.1) is 10.1 Å². The molecule has 0 saturated heterocycles. The van der Waals surface area contributed by atoms with E-state index in [1.807, 2.05) is 12.1 Å². The van der Waals surface area contributed by atoms with Gasteiger partial charge in [0.05, 0.1) is 4.92 Å². The Morgan fingerprint density at radius 3 is 2.50 bits per heavy atom. The molecule has 1 aromatic carbocycles. The molecule has 0 spiro atoms. The lowest BCUT2D eigenvalue weighted by Crippen LogP contribution is -2.18. The Morgan fingerprint density at radius 1 is 1.38 bits per heavy atom. The number of nitro groups is 1. The number of benzene rings is 1. The molecule has 1 unspecified atom stereocenters. The van der Waals surface area contributed by atoms with Crippen LogP contribution in [-0.2, 0) is 6.42 Å². The zero-order valence-electron chi connectivity index (χ0n) is 9.56. The van der Waals surface area contributed by atoms with Crippen LogP contribution in [0.15, 0.2) is 24.3 Å². The molecule has 16 heavy (non-hydrogen) atoms. The predicted octanol–water partition coefficient (Wildman–Crippen LogP) is 2.65. The van der Waals surface area contributed by atoms with E-state index in [0.717, 1.165) is 31.2 Å². The molecule has 88 valence electrons. The van der Waals surface area contributed by atoms with Gasteiger partial charge >= 0.3 is 0 Å². The van der Waals surface area contributed by atoms with E-state index in [1.54, 1.807) is 12.1 Å². The third kappa shape index (κ3) is 3.98. The highest BCUT2D eigenvalue weighted by Crippen LogP contribution is 2.14. The molecule has 1 atom stereocenters. The predicted molar refractivity (Wildman–Crippen MR) is 64.3 cm³/mol. The van der Waals surface area contributed by atoms with Gasteiger partial charge in [0.15, 0.2) is 0 Å². The molecule has 1 rings (SSSR count). The summed E-state index contributed by atoms with van der Waals surface area (Å²) < 4.78 is 0. The molecule has 0 fully saturated rings. The Morgan fingerprint density at radius 2 is 2.00 bits per heavy atom. The number of aryl methyl sites for hydroxylation is 1.